The third-order valence-electron chi connectivity index (χ3n) is 3.05. The Hall–Kier alpha value is -1.27. The maximum Gasteiger partial charge on any atom is 0.339 e. The molecule has 1 aromatic carbocycles. The number of methoxy groups -OCH3 is 2. The van der Waals surface area contributed by atoms with Crippen molar-refractivity contribution in [3.8, 4) is 11.5 Å². The summed E-state index contributed by atoms with van der Waals surface area (Å²) in [6, 6.07) is 1.59. The van der Waals surface area contributed by atoms with Crippen molar-refractivity contribution in [3.05, 3.63) is 21.7 Å². The molecule has 0 aliphatic carbocycles. The van der Waals surface area contributed by atoms with E-state index >= 15 is 0 Å². The van der Waals surface area contributed by atoms with Gasteiger partial charge < -0.3 is 19.3 Å². The summed E-state index contributed by atoms with van der Waals surface area (Å²) >= 11 is 3.42. The summed E-state index contributed by atoms with van der Waals surface area (Å²) in [5, 5.41) is 9.99. The number of hydrogen-bond acceptors (Lipinski definition) is 5. The van der Waals surface area contributed by atoms with Gasteiger partial charge in [-0.15, -0.1) is 0 Å². The first-order valence-corrected chi connectivity index (χ1v) is 6.60. The highest BCUT2D eigenvalue weighted by Gasteiger charge is 2.31. The number of hydrogen-bond donors (Lipinski definition) is 1. The Morgan fingerprint density at radius 3 is 2.84 bits per heavy atom. The Bertz CT molecular complexity index is 514. The molecule has 0 bridgehead atoms. The normalized spacial score (nSPS) is 18.5. The molecule has 2 atom stereocenters. The molecule has 5 nitrogen and oxygen atoms in total. The van der Waals surface area contributed by atoms with Gasteiger partial charge in [0.1, 0.15) is 6.10 Å². The van der Waals surface area contributed by atoms with E-state index in [-0.39, 0.29) is 6.10 Å². The van der Waals surface area contributed by atoms with Crippen LogP contribution in [0, 0.1) is 0 Å². The van der Waals surface area contributed by atoms with Gasteiger partial charge in [-0.1, -0.05) is 0 Å². The molecule has 0 amide bonds. The van der Waals surface area contributed by atoms with Crippen LogP contribution >= 0.6 is 15.9 Å². The first-order chi connectivity index (χ1) is 8.99. The molecule has 0 radical (unpaired) electrons. The van der Waals surface area contributed by atoms with E-state index in [1.807, 2.05) is 6.92 Å². The molecule has 1 aliphatic rings. The maximum absolute atomic E-state index is 11.5. The van der Waals surface area contributed by atoms with E-state index in [2.05, 4.69) is 20.7 Å². The fourth-order valence-electron chi connectivity index (χ4n) is 2.12. The minimum atomic E-state index is -1.35. The van der Waals surface area contributed by atoms with E-state index in [4.69, 9.17) is 9.47 Å². The zero-order chi connectivity index (χ0) is 14.2. The minimum Gasteiger partial charge on any atom is -0.493 e. The van der Waals surface area contributed by atoms with Crippen LogP contribution in [-0.2, 0) is 16.0 Å². The van der Waals surface area contributed by atoms with Crippen LogP contribution in [0.4, 0.5) is 0 Å². The van der Waals surface area contributed by atoms with Crippen LogP contribution in [0.15, 0.2) is 10.5 Å². The van der Waals surface area contributed by atoms with E-state index < -0.39 is 12.1 Å². The van der Waals surface area contributed by atoms with Gasteiger partial charge in [-0.2, -0.15) is 0 Å². The second-order valence-electron chi connectivity index (χ2n) is 4.35. The molecule has 0 fully saturated rings. The second-order valence-corrected chi connectivity index (χ2v) is 5.14. The molecule has 1 heterocycles. The summed E-state index contributed by atoms with van der Waals surface area (Å²) in [7, 11) is 2.75. The number of aliphatic hydroxyl groups excluding tert-OH is 1. The van der Waals surface area contributed by atoms with Crippen LogP contribution in [0.1, 0.15) is 24.2 Å². The van der Waals surface area contributed by atoms with Gasteiger partial charge >= 0.3 is 5.97 Å². The number of rotatable bonds is 3. The molecule has 0 saturated carbocycles. The van der Waals surface area contributed by atoms with Gasteiger partial charge in [0.15, 0.2) is 17.6 Å². The fourth-order valence-corrected chi connectivity index (χ4v) is 2.80. The van der Waals surface area contributed by atoms with Crippen LogP contribution in [0.2, 0.25) is 0 Å². The summed E-state index contributed by atoms with van der Waals surface area (Å²) in [6.07, 6.45) is -0.631. The van der Waals surface area contributed by atoms with Crippen molar-refractivity contribution in [3.63, 3.8) is 0 Å². The SMILES string of the molecule is COC(=O)C(O)c1cc(OC)c2c(c1Br)CC(C)O2. The lowest BCUT2D eigenvalue weighted by atomic mass is 10.0. The molecular weight excluding hydrogens is 316 g/mol. The Morgan fingerprint density at radius 1 is 1.58 bits per heavy atom. The number of benzene rings is 1. The second kappa shape index (κ2) is 5.38. The summed E-state index contributed by atoms with van der Waals surface area (Å²) in [5.74, 6) is 0.442. The van der Waals surface area contributed by atoms with Crippen LogP contribution in [0.25, 0.3) is 0 Å². The van der Waals surface area contributed by atoms with Gasteiger partial charge in [-0.3, -0.25) is 0 Å². The smallest absolute Gasteiger partial charge is 0.339 e. The molecule has 0 spiro atoms. The standard InChI is InChI=1S/C13H15BrO5/c1-6-4-8-10(14)7(11(15)13(16)18-3)5-9(17-2)12(8)19-6/h5-6,11,15H,4H2,1-3H3. The quantitative estimate of drug-likeness (QED) is 0.858. The molecular formula is C13H15BrO5. The average molecular weight is 331 g/mol. The van der Waals surface area contributed by atoms with E-state index in [0.717, 1.165) is 5.56 Å². The van der Waals surface area contributed by atoms with Gasteiger partial charge in [0.25, 0.3) is 0 Å². The van der Waals surface area contributed by atoms with Crippen LogP contribution in [0.3, 0.4) is 0 Å². The highest BCUT2D eigenvalue weighted by molar-refractivity contribution is 9.10. The van der Waals surface area contributed by atoms with Crippen molar-refractivity contribution in [2.24, 2.45) is 0 Å². The molecule has 1 N–H and O–H groups in total. The van der Waals surface area contributed by atoms with Crippen LogP contribution in [-0.4, -0.2) is 31.4 Å². The lowest BCUT2D eigenvalue weighted by Gasteiger charge is -2.15. The van der Waals surface area contributed by atoms with Crippen molar-refractivity contribution >= 4 is 21.9 Å². The Morgan fingerprint density at radius 2 is 2.26 bits per heavy atom. The number of esters is 1. The zero-order valence-corrected chi connectivity index (χ0v) is 12.5. The summed E-state index contributed by atoms with van der Waals surface area (Å²) in [5.41, 5.74) is 1.31. The monoisotopic (exact) mass is 330 g/mol. The number of aliphatic hydroxyl groups is 1. The summed E-state index contributed by atoms with van der Waals surface area (Å²) in [4.78, 5) is 11.5. The third-order valence-corrected chi connectivity index (χ3v) is 3.99. The van der Waals surface area contributed by atoms with Gasteiger partial charge in [0.05, 0.1) is 14.2 Å². The molecule has 19 heavy (non-hydrogen) atoms. The highest BCUT2D eigenvalue weighted by Crippen LogP contribution is 2.45. The topological polar surface area (TPSA) is 65.0 Å². The molecule has 104 valence electrons. The Labute approximate surface area is 119 Å². The molecule has 1 aromatic rings. The summed E-state index contributed by atoms with van der Waals surface area (Å²) < 4.78 is 16.1. The number of ether oxygens (including phenoxy) is 3. The number of fused-ring (bicyclic) bond motifs is 1. The molecule has 0 saturated heterocycles. The van der Waals surface area contributed by atoms with Gasteiger partial charge in [0.2, 0.25) is 0 Å². The predicted octanol–water partition coefficient (Wildman–Crippen LogP) is 1.99. The van der Waals surface area contributed by atoms with Crippen molar-refractivity contribution < 1.29 is 24.1 Å². The molecule has 1 aliphatic heterocycles. The van der Waals surface area contributed by atoms with Crippen molar-refractivity contribution in [2.75, 3.05) is 14.2 Å². The van der Waals surface area contributed by atoms with Gasteiger partial charge in [0, 0.05) is 22.0 Å². The van der Waals surface area contributed by atoms with Gasteiger partial charge in [-0.25, -0.2) is 4.79 Å². The Balaban J connectivity index is 2.53. The molecule has 2 unspecified atom stereocenters. The largest absolute Gasteiger partial charge is 0.493 e. The first kappa shape index (κ1) is 14.1. The number of halogens is 1. The average Bonchev–Trinajstić information content (AvgIpc) is 2.80. The van der Waals surface area contributed by atoms with E-state index in [1.165, 1.54) is 14.2 Å². The maximum atomic E-state index is 11.5. The predicted molar refractivity (Wildman–Crippen MR) is 71.5 cm³/mol. The first-order valence-electron chi connectivity index (χ1n) is 5.81. The molecule has 2 rings (SSSR count). The third kappa shape index (κ3) is 2.42. The van der Waals surface area contributed by atoms with Gasteiger partial charge in [-0.05, 0) is 28.9 Å². The summed E-state index contributed by atoms with van der Waals surface area (Å²) in [6.45, 7) is 1.95. The van der Waals surface area contributed by atoms with Crippen molar-refractivity contribution in [1.82, 2.24) is 0 Å². The van der Waals surface area contributed by atoms with E-state index in [9.17, 15) is 9.90 Å². The molecule has 6 heteroatoms. The zero-order valence-electron chi connectivity index (χ0n) is 10.9. The minimum absolute atomic E-state index is 0.0331. The van der Waals surface area contributed by atoms with Crippen molar-refractivity contribution in [1.29, 1.82) is 0 Å². The lowest BCUT2D eigenvalue weighted by Crippen LogP contribution is -2.14. The van der Waals surface area contributed by atoms with E-state index in [1.54, 1.807) is 6.07 Å². The lowest BCUT2D eigenvalue weighted by molar-refractivity contribution is -0.150. The number of carbonyl (C=O) groups is 1. The molecule has 0 aromatic heterocycles. The van der Waals surface area contributed by atoms with Crippen molar-refractivity contribution in [2.45, 2.75) is 25.6 Å². The van der Waals surface area contributed by atoms with E-state index in [0.29, 0.717) is 28.0 Å². The highest BCUT2D eigenvalue weighted by atomic mass is 79.9. The number of carbonyl (C=O) groups excluding carboxylic acids is 1. The van der Waals surface area contributed by atoms with Crippen LogP contribution < -0.4 is 9.47 Å². The fraction of sp³-hybridized carbons (Fsp3) is 0.462. The van der Waals surface area contributed by atoms with Crippen LogP contribution in [0.5, 0.6) is 11.5 Å². The Kier molecular flexibility index (Phi) is 4.01.